The summed E-state index contributed by atoms with van der Waals surface area (Å²) in [5.74, 6) is 0.959. The van der Waals surface area contributed by atoms with Crippen LogP contribution in [0.3, 0.4) is 0 Å². The highest BCUT2D eigenvalue weighted by Gasteiger charge is 2.25. The molecule has 1 aliphatic rings. The Balaban J connectivity index is 1.62. The van der Waals surface area contributed by atoms with Crippen molar-refractivity contribution in [3.05, 3.63) is 41.7 Å². The molecule has 0 saturated heterocycles. The Morgan fingerprint density at radius 1 is 1.15 bits per heavy atom. The first-order valence-electron chi connectivity index (χ1n) is 8.74. The molecule has 4 rings (SSSR count). The molecule has 0 spiro atoms. The number of nitrogens with one attached hydrogen (secondary N) is 2. The van der Waals surface area contributed by atoms with E-state index in [0.717, 1.165) is 33.9 Å². The molecule has 3 heterocycles. The number of hydrazine groups is 2. The minimum Gasteiger partial charge on any atom is -0.389 e. The van der Waals surface area contributed by atoms with Gasteiger partial charge < -0.3 is 15.1 Å². The van der Waals surface area contributed by atoms with E-state index in [1.807, 2.05) is 49.2 Å². The minimum absolute atomic E-state index is 0.440. The van der Waals surface area contributed by atoms with E-state index in [4.69, 9.17) is 4.52 Å². The van der Waals surface area contributed by atoms with Crippen molar-refractivity contribution >= 4 is 11.4 Å². The molecule has 8 nitrogen and oxygen atoms in total. The molecule has 0 amide bonds. The lowest BCUT2D eigenvalue weighted by molar-refractivity contribution is 0.0858. The van der Waals surface area contributed by atoms with Crippen LogP contribution in [0.1, 0.15) is 25.2 Å². The normalized spacial score (nSPS) is 13.6. The van der Waals surface area contributed by atoms with Crippen molar-refractivity contribution < 1.29 is 9.63 Å². The summed E-state index contributed by atoms with van der Waals surface area (Å²) in [7, 11) is 0. The Hall–Kier alpha value is -2.97. The predicted molar refractivity (Wildman–Crippen MR) is 103 cm³/mol. The molecular weight excluding hydrogens is 344 g/mol. The lowest BCUT2D eigenvalue weighted by atomic mass is 10.1. The molecule has 0 atom stereocenters. The predicted octanol–water partition coefficient (Wildman–Crippen LogP) is 2.84. The fourth-order valence-electron chi connectivity index (χ4n) is 3.08. The number of hydrogen-bond acceptors (Lipinski definition) is 8. The molecule has 2 aromatic heterocycles. The first-order chi connectivity index (χ1) is 12.8. The van der Waals surface area contributed by atoms with Gasteiger partial charge in [-0.15, -0.1) is 5.53 Å². The van der Waals surface area contributed by atoms with E-state index in [0.29, 0.717) is 18.3 Å². The number of aromatic nitrogens is 3. The molecule has 140 valence electrons. The average molecular weight is 366 g/mol. The van der Waals surface area contributed by atoms with Crippen LogP contribution in [0.2, 0.25) is 0 Å². The zero-order valence-electron chi connectivity index (χ0n) is 15.7. The number of anilines is 2. The van der Waals surface area contributed by atoms with Crippen LogP contribution in [0.15, 0.2) is 34.9 Å². The van der Waals surface area contributed by atoms with Gasteiger partial charge in [0, 0.05) is 22.5 Å². The summed E-state index contributed by atoms with van der Waals surface area (Å²) in [6.07, 6.45) is 0. The van der Waals surface area contributed by atoms with E-state index in [2.05, 4.69) is 26.1 Å². The molecule has 3 N–H and O–H groups in total. The summed E-state index contributed by atoms with van der Waals surface area (Å²) in [6, 6.07) is 9.69. The Bertz CT molecular complexity index is 992. The van der Waals surface area contributed by atoms with Gasteiger partial charge in [0.05, 0.1) is 23.5 Å². The minimum atomic E-state index is -0.823. The zero-order chi connectivity index (χ0) is 19.2. The summed E-state index contributed by atoms with van der Waals surface area (Å²) in [6.45, 7) is 7.86. The van der Waals surface area contributed by atoms with Crippen molar-refractivity contribution in [2.75, 3.05) is 17.0 Å². The summed E-state index contributed by atoms with van der Waals surface area (Å²) < 4.78 is 5.47. The van der Waals surface area contributed by atoms with E-state index in [1.165, 1.54) is 0 Å². The number of rotatable bonds is 4. The van der Waals surface area contributed by atoms with Gasteiger partial charge in [0.2, 0.25) is 5.82 Å². The van der Waals surface area contributed by atoms with Gasteiger partial charge in [0.25, 0.3) is 5.89 Å². The number of β-amino-alcohol motifs (C(OH)–C–C–N with tert-alkyl or cyclic N) is 1. The fraction of sp³-hybridized carbons (Fsp3) is 0.316. The molecular formula is C19H22N6O2. The largest absolute Gasteiger partial charge is 0.389 e. The molecule has 0 aliphatic carbocycles. The van der Waals surface area contributed by atoms with Crippen LogP contribution in [0.4, 0.5) is 11.4 Å². The lowest BCUT2D eigenvalue weighted by Gasteiger charge is -2.26. The van der Waals surface area contributed by atoms with Gasteiger partial charge in [-0.25, -0.2) is 0 Å². The third-order valence-corrected chi connectivity index (χ3v) is 4.30. The van der Waals surface area contributed by atoms with Crippen LogP contribution in [0.5, 0.6) is 0 Å². The first-order valence-corrected chi connectivity index (χ1v) is 8.74. The fourth-order valence-corrected chi connectivity index (χ4v) is 3.08. The number of fused-ring (bicyclic) bond motifs is 1. The molecule has 1 aromatic carbocycles. The molecule has 0 radical (unpaired) electrons. The molecule has 0 unspecified atom stereocenters. The van der Waals surface area contributed by atoms with Crippen molar-refractivity contribution in [3.63, 3.8) is 0 Å². The van der Waals surface area contributed by atoms with Gasteiger partial charge in [-0.1, -0.05) is 5.16 Å². The number of hydrogen-bond donors (Lipinski definition) is 3. The van der Waals surface area contributed by atoms with E-state index >= 15 is 0 Å². The van der Waals surface area contributed by atoms with Crippen LogP contribution in [-0.2, 0) is 0 Å². The Kier molecular flexibility index (Phi) is 4.09. The number of aryl methyl sites for hydroxylation is 2. The Morgan fingerprint density at radius 3 is 2.70 bits per heavy atom. The maximum absolute atomic E-state index is 10.0. The van der Waals surface area contributed by atoms with Crippen LogP contribution in [-0.4, -0.2) is 32.4 Å². The average Bonchev–Trinajstić information content (AvgIpc) is 3.21. The highest BCUT2D eigenvalue weighted by atomic mass is 16.5. The quantitative estimate of drug-likeness (QED) is 0.648. The Morgan fingerprint density at radius 2 is 1.96 bits per heavy atom. The highest BCUT2D eigenvalue weighted by molar-refractivity contribution is 5.78. The van der Waals surface area contributed by atoms with Gasteiger partial charge >= 0.3 is 0 Å². The Labute approximate surface area is 157 Å². The zero-order valence-corrected chi connectivity index (χ0v) is 15.7. The molecule has 8 heteroatoms. The van der Waals surface area contributed by atoms with E-state index in [-0.39, 0.29) is 0 Å². The third kappa shape index (κ3) is 3.49. The lowest BCUT2D eigenvalue weighted by Crippen LogP contribution is -2.45. The topological polar surface area (TPSA) is 99.3 Å². The number of aliphatic hydroxyl groups is 1. The number of benzene rings is 1. The van der Waals surface area contributed by atoms with Crippen molar-refractivity contribution in [2.24, 2.45) is 0 Å². The summed E-state index contributed by atoms with van der Waals surface area (Å²) in [5.41, 5.74) is 10.6. The van der Waals surface area contributed by atoms with E-state index in [9.17, 15) is 5.11 Å². The monoisotopic (exact) mass is 366 g/mol. The van der Waals surface area contributed by atoms with Crippen LogP contribution < -0.4 is 16.0 Å². The summed E-state index contributed by atoms with van der Waals surface area (Å²) >= 11 is 0. The number of pyridine rings is 1. The smallest absolute Gasteiger partial charge is 0.258 e. The standard InChI is InChI=1S/C19H22N6O2/c1-11-5-7-14(12(2)20-11)17-21-18(27-23-17)13-6-8-16-15(9-13)22-24-25(16)10-19(3,4)26/h5-9,22,24,26H,10H2,1-4H3. The SMILES string of the molecule is Cc1ccc(-c2noc(-c3ccc4c(c3)NNN4CC(C)(C)O)n2)c(C)n1. The summed E-state index contributed by atoms with van der Waals surface area (Å²) in [5, 5.41) is 16.0. The van der Waals surface area contributed by atoms with Crippen LogP contribution in [0.25, 0.3) is 22.8 Å². The highest BCUT2D eigenvalue weighted by Crippen LogP contribution is 2.34. The van der Waals surface area contributed by atoms with Gasteiger partial charge in [0.1, 0.15) is 0 Å². The second kappa shape index (κ2) is 6.33. The van der Waals surface area contributed by atoms with Crippen molar-refractivity contribution in [3.8, 4) is 22.8 Å². The molecule has 0 fully saturated rings. The van der Waals surface area contributed by atoms with Crippen LogP contribution >= 0.6 is 0 Å². The van der Waals surface area contributed by atoms with Crippen LogP contribution in [0, 0.1) is 13.8 Å². The maximum Gasteiger partial charge on any atom is 0.258 e. The van der Waals surface area contributed by atoms with Crippen molar-refractivity contribution in [1.29, 1.82) is 0 Å². The van der Waals surface area contributed by atoms with E-state index in [1.54, 1.807) is 13.8 Å². The second-order valence-electron chi connectivity index (χ2n) is 7.38. The second-order valence-corrected chi connectivity index (χ2v) is 7.38. The first kappa shape index (κ1) is 17.4. The molecule has 0 bridgehead atoms. The molecule has 1 aliphatic heterocycles. The molecule has 27 heavy (non-hydrogen) atoms. The molecule has 0 saturated carbocycles. The van der Waals surface area contributed by atoms with Gasteiger partial charge in [-0.3, -0.25) is 9.99 Å². The summed E-state index contributed by atoms with van der Waals surface area (Å²) in [4.78, 5) is 8.98. The molecule has 3 aromatic rings. The van der Waals surface area contributed by atoms with E-state index < -0.39 is 5.60 Å². The van der Waals surface area contributed by atoms with Gasteiger partial charge in [-0.05, 0) is 58.0 Å². The maximum atomic E-state index is 10.0. The van der Waals surface area contributed by atoms with Crippen molar-refractivity contribution in [1.82, 2.24) is 20.7 Å². The van der Waals surface area contributed by atoms with Gasteiger partial charge in [0.15, 0.2) is 0 Å². The number of nitrogens with zero attached hydrogens (tertiary/aromatic N) is 4. The van der Waals surface area contributed by atoms with Crippen molar-refractivity contribution in [2.45, 2.75) is 33.3 Å². The third-order valence-electron chi connectivity index (χ3n) is 4.30. The van der Waals surface area contributed by atoms with Gasteiger partial charge in [-0.2, -0.15) is 4.98 Å².